The summed E-state index contributed by atoms with van der Waals surface area (Å²) in [4.78, 5) is 17.8. The summed E-state index contributed by atoms with van der Waals surface area (Å²) < 4.78 is 18.5. The Kier molecular flexibility index (Phi) is 3.69. The minimum atomic E-state index is -0.299. The van der Waals surface area contributed by atoms with Gasteiger partial charge in [-0.2, -0.15) is 0 Å². The quantitative estimate of drug-likeness (QED) is 0.812. The van der Waals surface area contributed by atoms with Gasteiger partial charge in [0.1, 0.15) is 11.5 Å². The van der Waals surface area contributed by atoms with Gasteiger partial charge in [-0.1, -0.05) is 12.1 Å². The van der Waals surface area contributed by atoms with Gasteiger partial charge in [0.15, 0.2) is 0 Å². The Labute approximate surface area is 158 Å². The minimum absolute atomic E-state index is 0.0762. The van der Waals surface area contributed by atoms with Gasteiger partial charge in [0, 0.05) is 41.7 Å². The second kappa shape index (κ2) is 5.89. The first-order valence-electron chi connectivity index (χ1n) is 9.73. The predicted molar refractivity (Wildman–Crippen MR) is 98.6 cm³/mol. The number of rotatable bonds is 2. The molecule has 0 unspecified atom stereocenters. The monoisotopic (exact) mass is 369 g/mol. The van der Waals surface area contributed by atoms with E-state index in [1.807, 2.05) is 4.90 Å². The second-order valence-corrected chi connectivity index (χ2v) is 8.53. The first kappa shape index (κ1) is 16.9. The predicted octanol–water partition coefficient (Wildman–Crippen LogP) is 3.57. The minimum Gasteiger partial charge on any atom is -0.350 e. The Morgan fingerprint density at radius 3 is 2.78 bits per heavy atom. The third kappa shape index (κ3) is 2.46. The van der Waals surface area contributed by atoms with Gasteiger partial charge in [0.25, 0.3) is 5.91 Å². The molecule has 27 heavy (non-hydrogen) atoms. The Morgan fingerprint density at radius 2 is 2.00 bits per heavy atom. The van der Waals surface area contributed by atoms with E-state index < -0.39 is 0 Å². The van der Waals surface area contributed by atoms with Crippen molar-refractivity contribution in [2.45, 2.75) is 50.7 Å². The van der Waals surface area contributed by atoms with Crippen LogP contribution in [0, 0.1) is 11.2 Å². The summed E-state index contributed by atoms with van der Waals surface area (Å²) in [5.74, 6) is -0.108. The number of aromatic nitrogens is 1. The highest BCUT2D eigenvalue weighted by atomic mass is 19.1. The van der Waals surface area contributed by atoms with Crippen molar-refractivity contribution in [2.24, 2.45) is 5.41 Å². The summed E-state index contributed by atoms with van der Waals surface area (Å²) in [5.41, 5.74) is 1.45. The molecule has 1 amide bonds. The number of amides is 1. The van der Waals surface area contributed by atoms with E-state index in [-0.39, 0.29) is 28.9 Å². The van der Waals surface area contributed by atoms with Gasteiger partial charge in [-0.15, -0.1) is 0 Å². The van der Waals surface area contributed by atoms with E-state index in [9.17, 15) is 9.18 Å². The van der Waals surface area contributed by atoms with Gasteiger partial charge in [0.2, 0.25) is 5.76 Å². The number of nitrogens with zero attached hydrogens (tertiary/aromatic N) is 3. The van der Waals surface area contributed by atoms with Gasteiger partial charge in [-0.25, -0.2) is 4.39 Å². The molecule has 2 saturated heterocycles. The Balaban J connectivity index is 1.44. The maximum atomic E-state index is 13.3. The van der Waals surface area contributed by atoms with Crippen molar-refractivity contribution in [3.05, 3.63) is 41.9 Å². The highest BCUT2D eigenvalue weighted by molar-refractivity contribution is 5.93. The van der Waals surface area contributed by atoms with Crippen LogP contribution in [0.15, 0.2) is 34.9 Å². The number of piperidine rings is 1. The summed E-state index contributed by atoms with van der Waals surface area (Å²) in [6.07, 6.45) is 4.60. The lowest BCUT2D eigenvalue weighted by atomic mass is 9.66. The average molecular weight is 369 g/mol. The van der Waals surface area contributed by atoms with E-state index in [4.69, 9.17) is 4.52 Å². The molecule has 3 fully saturated rings. The van der Waals surface area contributed by atoms with Gasteiger partial charge in [-0.05, 0) is 57.0 Å². The molecule has 2 bridgehead atoms. The van der Waals surface area contributed by atoms with Gasteiger partial charge >= 0.3 is 0 Å². The maximum absolute atomic E-state index is 13.3. The number of hydrogen-bond donors (Lipinski definition) is 0. The van der Waals surface area contributed by atoms with Crippen LogP contribution in [0.25, 0.3) is 11.3 Å². The number of halogens is 1. The van der Waals surface area contributed by atoms with Crippen LogP contribution in [0.2, 0.25) is 0 Å². The molecule has 6 heteroatoms. The number of benzene rings is 1. The fraction of sp³-hybridized carbons (Fsp3) is 0.524. The van der Waals surface area contributed by atoms with Crippen molar-refractivity contribution in [2.75, 3.05) is 13.6 Å². The summed E-state index contributed by atoms with van der Waals surface area (Å²) in [6, 6.07) is 8.96. The zero-order valence-electron chi connectivity index (χ0n) is 15.7. The fourth-order valence-electron chi connectivity index (χ4n) is 5.79. The molecule has 3 aliphatic rings. The lowest BCUT2D eigenvalue weighted by molar-refractivity contribution is 0.00920. The molecule has 4 atom stereocenters. The number of likely N-dealkylation sites (tertiary alicyclic amines) is 2. The van der Waals surface area contributed by atoms with Crippen molar-refractivity contribution in [1.29, 1.82) is 0 Å². The van der Waals surface area contributed by atoms with Crippen molar-refractivity contribution < 1.29 is 13.7 Å². The second-order valence-electron chi connectivity index (χ2n) is 8.53. The van der Waals surface area contributed by atoms with Crippen LogP contribution < -0.4 is 0 Å². The number of fused-ring (bicyclic) bond motifs is 1. The lowest BCUT2D eigenvalue weighted by Crippen LogP contribution is -2.57. The van der Waals surface area contributed by atoms with E-state index in [0.29, 0.717) is 17.8 Å². The third-order valence-corrected chi connectivity index (χ3v) is 7.13. The Bertz CT molecular complexity index is 880. The zero-order valence-corrected chi connectivity index (χ0v) is 15.7. The molecular formula is C21H24FN3O2. The van der Waals surface area contributed by atoms with Crippen LogP contribution in [-0.2, 0) is 0 Å². The summed E-state index contributed by atoms with van der Waals surface area (Å²) >= 11 is 0. The number of carbonyl (C=O) groups is 1. The standard InChI is InChI=1S/C21H24FN3O2/c1-21-11-15-12-25(19(21)5-3-4-18(21)24(15)2)20(26)17-10-16(23-27-17)13-6-8-14(22)9-7-13/h6-10,15,18-19H,3-5,11-12H2,1-2H3/t15-,18-,19+,21-/m0/s1. The van der Waals surface area contributed by atoms with Crippen LogP contribution in [0.1, 0.15) is 43.2 Å². The van der Waals surface area contributed by atoms with Crippen molar-refractivity contribution in [1.82, 2.24) is 15.0 Å². The summed E-state index contributed by atoms with van der Waals surface area (Å²) in [6.45, 7) is 3.10. The topological polar surface area (TPSA) is 49.6 Å². The highest BCUT2D eigenvalue weighted by Crippen LogP contribution is 2.53. The molecule has 5 nitrogen and oxygen atoms in total. The first-order chi connectivity index (χ1) is 13.0. The summed E-state index contributed by atoms with van der Waals surface area (Å²) in [7, 11) is 2.21. The van der Waals surface area contributed by atoms with Crippen LogP contribution in [0.3, 0.4) is 0 Å². The van der Waals surface area contributed by atoms with Crippen LogP contribution >= 0.6 is 0 Å². The largest absolute Gasteiger partial charge is 0.350 e. The molecule has 1 aliphatic carbocycles. The maximum Gasteiger partial charge on any atom is 0.292 e. The van der Waals surface area contributed by atoms with Crippen LogP contribution in [0.5, 0.6) is 0 Å². The van der Waals surface area contributed by atoms with E-state index in [1.54, 1.807) is 18.2 Å². The molecular weight excluding hydrogens is 345 g/mol. The van der Waals surface area contributed by atoms with E-state index >= 15 is 0 Å². The molecule has 0 radical (unpaired) electrons. The van der Waals surface area contributed by atoms with Gasteiger partial charge in [0.05, 0.1) is 0 Å². The number of likely N-dealkylation sites (N-methyl/N-ethyl adjacent to an activating group) is 1. The zero-order chi connectivity index (χ0) is 18.8. The third-order valence-electron chi connectivity index (χ3n) is 7.13. The molecule has 3 heterocycles. The molecule has 1 saturated carbocycles. The van der Waals surface area contributed by atoms with E-state index in [0.717, 1.165) is 24.9 Å². The molecule has 2 aliphatic heterocycles. The van der Waals surface area contributed by atoms with Gasteiger partial charge < -0.3 is 9.42 Å². The number of hydrogen-bond acceptors (Lipinski definition) is 4. The van der Waals surface area contributed by atoms with Crippen molar-refractivity contribution in [3.63, 3.8) is 0 Å². The van der Waals surface area contributed by atoms with Crippen molar-refractivity contribution in [3.8, 4) is 11.3 Å². The highest BCUT2D eigenvalue weighted by Gasteiger charge is 2.59. The molecule has 142 valence electrons. The molecule has 1 aromatic heterocycles. The van der Waals surface area contributed by atoms with E-state index in [2.05, 4.69) is 24.0 Å². The van der Waals surface area contributed by atoms with E-state index in [1.165, 1.54) is 25.0 Å². The first-order valence-corrected chi connectivity index (χ1v) is 9.73. The molecule has 0 N–H and O–H groups in total. The number of carbonyl (C=O) groups excluding carboxylic acids is 1. The smallest absolute Gasteiger partial charge is 0.292 e. The van der Waals surface area contributed by atoms with Crippen LogP contribution in [0.4, 0.5) is 4.39 Å². The average Bonchev–Trinajstić information content (AvgIpc) is 3.24. The molecule has 5 rings (SSSR count). The van der Waals surface area contributed by atoms with Crippen LogP contribution in [-0.4, -0.2) is 52.6 Å². The lowest BCUT2D eigenvalue weighted by Gasteiger charge is -2.50. The SMILES string of the molecule is CN1[C@@H]2CN(C(=O)c3cc(-c4ccc(F)cc4)no3)[C@@H]3CCC[C@H]1[C@]3(C)C2. The van der Waals surface area contributed by atoms with Gasteiger partial charge in [-0.3, -0.25) is 9.69 Å². The summed E-state index contributed by atoms with van der Waals surface area (Å²) in [5, 5.41) is 4.04. The van der Waals surface area contributed by atoms with Crippen molar-refractivity contribution >= 4 is 5.91 Å². The molecule has 0 spiro atoms. The Morgan fingerprint density at radius 1 is 1.26 bits per heavy atom. The Hall–Kier alpha value is -2.21. The molecule has 2 aromatic rings. The molecule has 1 aromatic carbocycles. The fourth-order valence-corrected chi connectivity index (χ4v) is 5.79. The normalized spacial score (nSPS) is 32.7.